The van der Waals surface area contributed by atoms with E-state index in [1.54, 1.807) is 20.4 Å². The van der Waals surface area contributed by atoms with Gasteiger partial charge < -0.3 is 9.47 Å². The van der Waals surface area contributed by atoms with Crippen molar-refractivity contribution in [2.75, 3.05) is 14.2 Å². The summed E-state index contributed by atoms with van der Waals surface area (Å²) < 4.78 is 11.5. The normalized spacial score (nSPS) is 10.9. The van der Waals surface area contributed by atoms with Gasteiger partial charge >= 0.3 is 0 Å². The van der Waals surface area contributed by atoms with Crippen LogP contribution in [-0.2, 0) is 0 Å². The summed E-state index contributed by atoms with van der Waals surface area (Å²) in [7, 11) is 3.26. The molecule has 21 heavy (non-hydrogen) atoms. The zero-order chi connectivity index (χ0) is 15.4. The standard InChI is InChI=1S/C17H18BrNO2/c1-11-5-6-15(12(2)7-11)19-10-13-8-14(18)17(21-4)9-16(13)20-3/h5-10H,1-4H3. The molecule has 0 atom stereocenters. The van der Waals surface area contributed by atoms with Crippen LogP contribution in [0.2, 0.25) is 0 Å². The SMILES string of the molecule is COc1cc(OC)c(C=Nc2ccc(C)cc2C)cc1Br. The Morgan fingerprint density at radius 2 is 1.71 bits per heavy atom. The molecule has 110 valence electrons. The van der Waals surface area contributed by atoms with E-state index in [1.165, 1.54) is 5.56 Å². The smallest absolute Gasteiger partial charge is 0.136 e. The van der Waals surface area contributed by atoms with Gasteiger partial charge in [0.05, 0.1) is 24.4 Å². The fraction of sp³-hybridized carbons (Fsp3) is 0.235. The van der Waals surface area contributed by atoms with Crippen molar-refractivity contribution in [3.8, 4) is 11.5 Å². The van der Waals surface area contributed by atoms with Crippen molar-refractivity contribution in [2.24, 2.45) is 4.99 Å². The minimum Gasteiger partial charge on any atom is -0.496 e. The van der Waals surface area contributed by atoms with Gasteiger partial charge in [-0.25, -0.2) is 0 Å². The highest BCUT2D eigenvalue weighted by atomic mass is 79.9. The lowest BCUT2D eigenvalue weighted by atomic mass is 10.1. The van der Waals surface area contributed by atoms with Gasteiger partial charge in [0, 0.05) is 17.8 Å². The third kappa shape index (κ3) is 3.64. The molecule has 3 nitrogen and oxygen atoms in total. The molecule has 0 aromatic heterocycles. The average molecular weight is 348 g/mol. The number of benzene rings is 2. The number of hydrogen-bond acceptors (Lipinski definition) is 3. The summed E-state index contributed by atoms with van der Waals surface area (Å²) >= 11 is 3.48. The van der Waals surface area contributed by atoms with Gasteiger partial charge in [-0.05, 0) is 47.5 Å². The van der Waals surface area contributed by atoms with Crippen molar-refractivity contribution >= 4 is 27.8 Å². The molecule has 0 aliphatic rings. The number of aliphatic imine (C=N–C) groups is 1. The third-order valence-corrected chi connectivity index (χ3v) is 3.82. The lowest BCUT2D eigenvalue weighted by Gasteiger charge is -2.09. The second-order valence-corrected chi connectivity index (χ2v) is 5.63. The van der Waals surface area contributed by atoms with E-state index in [1.807, 2.05) is 18.2 Å². The largest absolute Gasteiger partial charge is 0.496 e. The van der Waals surface area contributed by atoms with Gasteiger partial charge in [-0.3, -0.25) is 4.99 Å². The van der Waals surface area contributed by atoms with Crippen LogP contribution in [-0.4, -0.2) is 20.4 Å². The van der Waals surface area contributed by atoms with Gasteiger partial charge in [-0.1, -0.05) is 17.7 Å². The number of nitrogens with zero attached hydrogens (tertiary/aromatic N) is 1. The van der Waals surface area contributed by atoms with Crippen LogP contribution in [0.1, 0.15) is 16.7 Å². The first kappa shape index (κ1) is 15.6. The zero-order valence-corrected chi connectivity index (χ0v) is 14.2. The first-order valence-corrected chi connectivity index (χ1v) is 7.37. The van der Waals surface area contributed by atoms with Crippen molar-refractivity contribution < 1.29 is 9.47 Å². The Morgan fingerprint density at radius 1 is 1.00 bits per heavy atom. The van der Waals surface area contributed by atoms with Gasteiger partial charge in [-0.2, -0.15) is 0 Å². The molecular formula is C17H18BrNO2. The first-order chi connectivity index (χ1) is 10.0. The second-order valence-electron chi connectivity index (χ2n) is 4.78. The van der Waals surface area contributed by atoms with Crippen molar-refractivity contribution in [1.29, 1.82) is 0 Å². The number of methoxy groups -OCH3 is 2. The number of aryl methyl sites for hydroxylation is 2. The Labute approximate surface area is 133 Å². The summed E-state index contributed by atoms with van der Waals surface area (Å²) in [5.41, 5.74) is 4.23. The highest BCUT2D eigenvalue weighted by Crippen LogP contribution is 2.32. The molecular weight excluding hydrogens is 330 g/mol. The second kappa shape index (κ2) is 6.76. The molecule has 2 aromatic rings. The van der Waals surface area contributed by atoms with Gasteiger partial charge in [-0.15, -0.1) is 0 Å². The third-order valence-electron chi connectivity index (χ3n) is 3.20. The van der Waals surface area contributed by atoms with E-state index in [9.17, 15) is 0 Å². The van der Waals surface area contributed by atoms with Gasteiger partial charge in [0.25, 0.3) is 0 Å². The summed E-state index contributed by atoms with van der Waals surface area (Å²) in [6.45, 7) is 4.13. The number of halogens is 1. The molecule has 0 heterocycles. The zero-order valence-electron chi connectivity index (χ0n) is 12.6. The lowest BCUT2D eigenvalue weighted by Crippen LogP contribution is -1.94. The molecule has 0 amide bonds. The van der Waals surface area contributed by atoms with E-state index in [0.717, 1.165) is 32.8 Å². The maximum Gasteiger partial charge on any atom is 0.136 e. The van der Waals surface area contributed by atoms with E-state index < -0.39 is 0 Å². The maximum absolute atomic E-state index is 5.39. The summed E-state index contributed by atoms with van der Waals surface area (Å²) in [6.07, 6.45) is 1.81. The molecule has 0 aliphatic heterocycles. The van der Waals surface area contributed by atoms with Crippen LogP contribution in [0.4, 0.5) is 5.69 Å². The highest BCUT2D eigenvalue weighted by Gasteiger charge is 2.08. The minimum absolute atomic E-state index is 0.726. The fourth-order valence-corrected chi connectivity index (χ4v) is 2.60. The molecule has 0 N–H and O–H groups in total. The van der Waals surface area contributed by atoms with Gasteiger partial charge in [0.1, 0.15) is 11.5 Å². The summed E-state index contributed by atoms with van der Waals surface area (Å²) in [4.78, 5) is 4.56. The van der Waals surface area contributed by atoms with Crippen LogP contribution < -0.4 is 9.47 Å². The Bertz CT molecular complexity index is 681. The van der Waals surface area contributed by atoms with E-state index in [0.29, 0.717) is 0 Å². The minimum atomic E-state index is 0.726. The van der Waals surface area contributed by atoms with Crippen molar-refractivity contribution in [3.05, 3.63) is 51.5 Å². The number of hydrogen-bond donors (Lipinski definition) is 0. The van der Waals surface area contributed by atoms with E-state index in [4.69, 9.17) is 9.47 Å². The molecule has 0 saturated heterocycles. The molecule has 0 spiro atoms. The lowest BCUT2D eigenvalue weighted by molar-refractivity contribution is 0.392. The number of ether oxygens (including phenoxy) is 2. The molecule has 0 radical (unpaired) electrons. The molecule has 0 aliphatic carbocycles. The van der Waals surface area contributed by atoms with E-state index in [-0.39, 0.29) is 0 Å². The van der Waals surface area contributed by atoms with Crippen molar-refractivity contribution in [2.45, 2.75) is 13.8 Å². The molecule has 0 saturated carbocycles. The Hall–Kier alpha value is -1.81. The van der Waals surface area contributed by atoms with E-state index >= 15 is 0 Å². The fourth-order valence-electron chi connectivity index (χ4n) is 2.07. The predicted octanol–water partition coefficient (Wildman–Crippen LogP) is 4.83. The van der Waals surface area contributed by atoms with Crippen LogP contribution in [0.3, 0.4) is 0 Å². The first-order valence-electron chi connectivity index (χ1n) is 6.58. The average Bonchev–Trinajstić information content (AvgIpc) is 2.46. The summed E-state index contributed by atoms with van der Waals surface area (Å²) in [5, 5.41) is 0. The van der Waals surface area contributed by atoms with Crippen LogP contribution in [0.25, 0.3) is 0 Å². The molecule has 2 aromatic carbocycles. The monoisotopic (exact) mass is 347 g/mol. The molecule has 0 unspecified atom stereocenters. The van der Waals surface area contributed by atoms with Crippen LogP contribution in [0, 0.1) is 13.8 Å². The van der Waals surface area contributed by atoms with E-state index in [2.05, 4.69) is 46.9 Å². The quantitative estimate of drug-likeness (QED) is 0.741. The summed E-state index contributed by atoms with van der Waals surface area (Å²) in [6, 6.07) is 9.97. The highest BCUT2D eigenvalue weighted by molar-refractivity contribution is 9.10. The Morgan fingerprint density at radius 3 is 2.33 bits per heavy atom. The maximum atomic E-state index is 5.39. The topological polar surface area (TPSA) is 30.8 Å². The van der Waals surface area contributed by atoms with Crippen LogP contribution in [0.15, 0.2) is 39.8 Å². The van der Waals surface area contributed by atoms with Gasteiger partial charge in [0.15, 0.2) is 0 Å². The molecule has 0 fully saturated rings. The molecule has 4 heteroatoms. The molecule has 2 rings (SSSR count). The van der Waals surface area contributed by atoms with Crippen LogP contribution in [0.5, 0.6) is 11.5 Å². The van der Waals surface area contributed by atoms with Crippen LogP contribution >= 0.6 is 15.9 Å². The summed E-state index contributed by atoms with van der Waals surface area (Å²) in [5.74, 6) is 1.46. The molecule has 0 bridgehead atoms. The Kier molecular flexibility index (Phi) is 5.02. The van der Waals surface area contributed by atoms with Crippen molar-refractivity contribution in [1.82, 2.24) is 0 Å². The predicted molar refractivity (Wildman–Crippen MR) is 90.4 cm³/mol. The Balaban J connectivity index is 2.38. The number of rotatable bonds is 4. The van der Waals surface area contributed by atoms with Gasteiger partial charge in [0.2, 0.25) is 0 Å². The van der Waals surface area contributed by atoms with Crippen molar-refractivity contribution in [3.63, 3.8) is 0 Å².